The minimum Gasteiger partial charge on any atom is -0.480 e. The van der Waals surface area contributed by atoms with E-state index in [2.05, 4.69) is 6.07 Å². The molecule has 1 aromatic carbocycles. The molecular formula is C14H18N2O2. The summed E-state index contributed by atoms with van der Waals surface area (Å²) >= 11 is 0. The molecule has 4 nitrogen and oxygen atoms in total. The van der Waals surface area contributed by atoms with Crippen LogP contribution in [0.2, 0.25) is 0 Å². The van der Waals surface area contributed by atoms with Crippen molar-refractivity contribution in [2.45, 2.75) is 33.4 Å². The van der Waals surface area contributed by atoms with Gasteiger partial charge in [0.15, 0.2) is 0 Å². The first-order valence-electron chi connectivity index (χ1n) is 5.89. The summed E-state index contributed by atoms with van der Waals surface area (Å²) in [6.45, 7) is 6.50. The van der Waals surface area contributed by atoms with Crippen molar-refractivity contribution < 1.29 is 9.90 Å². The fraction of sp³-hybridized carbons (Fsp3) is 0.429. The van der Waals surface area contributed by atoms with Gasteiger partial charge in [-0.05, 0) is 44.0 Å². The first-order chi connectivity index (χ1) is 8.43. The van der Waals surface area contributed by atoms with Crippen LogP contribution in [0.15, 0.2) is 18.2 Å². The molecule has 0 bridgehead atoms. The van der Waals surface area contributed by atoms with E-state index in [9.17, 15) is 4.79 Å². The molecule has 18 heavy (non-hydrogen) atoms. The van der Waals surface area contributed by atoms with Crippen molar-refractivity contribution in [3.8, 4) is 6.07 Å². The van der Waals surface area contributed by atoms with Gasteiger partial charge in [0.2, 0.25) is 0 Å². The molecule has 0 unspecified atom stereocenters. The van der Waals surface area contributed by atoms with E-state index in [1.165, 1.54) is 0 Å². The van der Waals surface area contributed by atoms with E-state index in [1.807, 2.05) is 37.8 Å². The maximum atomic E-state index is 10.8. The molecule has 0 aliphatic rings. The van der Waals surface area contributed by atoms with Crippen LogP contribution in [0.3, 0.4) is 0 Å². The Bertz CT molecular complexity index is 475. The molecule has 1 rings (SSSR count). The predicted molar refractivity (Wildman–Crippen MR) is 69.1 cm³/mol. The first kappa shape index (κ1) is 14.2. The average Bonchev–Trinajstić information content (AvgIpc) is 2.29. The molecule has 0 aromatic heterocycles. The highest BCUT2D eigenvalue weighted by Gasteiger charge is 2.14. The predicted octanol–water partition coefficient (Wildman–Crippen LogP) is 2.16. The lowest BCUT2D eigenvalue weighted by molar-refractivity contribution is -0.138. The second-order valence-electron chi connectivity index (χ2n) is 4.65. The van der Waals surface area contributed by atoms with Crippen LogP contribution in [0.25, 0.3) is 0 Å². The topological polar surface area (TPSA) is 64.3 Å². The Balaban J connectivity index is 2.87. The van der Waals surface area contributed by atoms with Crippen molar-refractivity contribution in [2.24, 2.45) is 0 Å². The van der Waals surface area contributed by atoms with Gasteiger partial charge in [-0.1, -0.05) is 6.07 Å². The fourth-order valence-corrected chi connectivity index (χ4v) is 1.76. The van der Waals surface area contributed by atoms with Crippen LogP contribution < -0.4 is 0 Å². The maximum absolute atomic E-state index is 10.8. The molecule has 0 aliphatic carbocycles. The number of rotatable bonds is 5. The number of carboxylic acid groups (broad SMARTS) is 1. The monoisotopic (exact) mass is 246 g/mol. The molecular weight excluding hydrogens is 228 g/mol. The minimum absolute atomic E-state index is 0.0249. The van der Waals surface area contributed by atoms with E-state index in [0.29, 0.717) is 12.1 Å². The summed E-state index contributed by atoms with van der Waals surface area (Å²) in [5.74, 6) is -0.824. The van der Waals surface area contributed by atoms with Gasteiger partial charge in [-0.3, -0.25) is 9.69 Å². The third-order valence-corrected chi connectivity index (χ3v) is 2.91. The third kappa shape index (κ3) is 3.86. The van der Waals surface area contributed by atoms with E-state index in [4.69, 9.17) is 10.4 Å². The number of nitrogens with zero attached hydrogens (tertiary/aromatic N) is 2. The third-order valence-electron chi connectivity index (χ3n) is 2.91. The van der Waals surface area contributed by atoms with Gasteiger partial charge in [0.25, 0.3) is 0 Å². The van der Waals surface area contributed by atoms with Crippen LogP contribution in [-0.4, -0.2) is 28.6 Å². The van der Waals surface area contributed by atoms with Crippen molar-refractivity contribution in [1.82, 2.24) is 4.90 Å². The van der Waals surface area contributed by atoms with E-state index < -0.39 is 5.97 Å². The van der Waals surface area contributed by atoms with Gasteiger partial charge in [0, 0.05) is 12.6 Å². The number of benzene rings is 1. The van der Waals surface area contributed by atoms with Crippen LogP contribution in [0.4, 0.5) is 0 Å². The summed E-state index contributed by atoms with van der Waals surface area (Å²) < 4.78 is 0. The Kier molecular flexibility index (Phi) is 4.87. The lowest BCUT2D eigenvalue weighted by Crippen LogP contribution is -2.35. The highest BCUT2D eigenvalue weighted by Crippen LogP contribution is 2.14. The smallest absolute Gasteiger partial charge is 0.317 e. The summed E-state index contributed by atoms with van der Waals surface area (Å²) in [6.07, 6.45) is 0. The van der Waals surface area contributed by atoms with Crippen LogP contribution in [0, 0.1) is 18.3 Å². The molecule has 1 N–H and O–H groups in total. The van der Waals surface area contributed by atoms with Gasteiger partial charge in [0.05, 0.1) is 18.2 Å². The number of aliphatic carboxylic acids is 1. The van der Waals surface area contributed by atoms with Gasteiger partial charge < -0.3 is 5.11 Å². The molecule has 0 amide bonds. The van der Waals surface area contributed by atoms with E-state index in [-0.39, 0.29) is 12.6 Å². The van der Waals surface area contributed by atoms with E-state index in [1.54, 1.807) is 6.07 Å². The molecule has 0 atom stereocenters. The zero-order valence-electron chi connectivity index (χ0n) is 11.0. The molecule has 0 spiro atoms. The SMILES string of the molecule is Cc1cc(C#N)ccc1CN(CC(=O)O)C(C)C. The van der Waals surface area contributed by atoms with E-state index >= 15 is 0 Å². The summed E-state index contributed by atoms with van der Waals surface area (Å²) in [5, 5.41) is 17.7. The number of hydrogen-bond donors (Lipinski definition) is 1. The molecule has 0 radical (unpaired) electrons. The van der Waals surface area contributed by atoms with Crippen LogP contribution in [0.5, 0.6) is 0 Å². The lowest BCUT2D eigenvalue weighted by Gasteiger charge is -2.25. The molecule has 0 heterocycles. The van der Waals surface area contributed by atoms with Crippen LogP contribution in [0.1, 0.15) is 30.5 Å². The lowest BCUT2D eigenvalue weighted by atomic mass is 10.0. The average molecular weight is 246 g/mol. The van der Waals surface area contributed by atoms with Crippen molar-refractivity contribution in [3.05, 3.63) is 34.9 Å². The molecule has 4 heteroatoms. The summed E-state index contributed by atoms with van der Waals surface area (Å²) in [4.78, 5) is 12.7. The van der Waals surface area contributed by atoms with Gasteiger partial charge in [0.1, 0.15) is 0 Å². The highest BCUT2D eigenvalue weighted by atomic mass is 16.4. The van der Waals surface area contributed by atoms with Gasteiger partial charge in [-0.2, -0.15) is 5.26 Å². The molecule has 0 aliphatic heterocycles. The van der Waals surface area contributed by atoms with Gasteiger partial charge in [-0.25, -0.2) is 0 Å². The maximum Gasteiger partial charge on any atom is 0.317 e. The van der Waals surface area contributed by atoms with Crippen molar-refractivity contribution in [2.75, 3.05) is 6.54 Å². The number of aryl methyl sites for hydroxylation is 1. The van der Waals surface area contributed by atoms with Crippen molar-refractivity contribution in [1.29, 1.82) is 5.26 Å². The second kappa shape index (κ2) is 6.18. The number of hydrogen-bond acceptors (Lipinski definition) is 3. The Hall–Kier alpha value is -1.86. The quantitative estimate of drug-likeness (QED) is 0.864. The Morgan fingerprint density at radius 1 is 1.50 bits per heavy atom. The van der Waals surface area contributed by atoms with Crippen molar-refractivity contribution >= 4 is 5.97 Å². The second-order valence-corrected chi connectivity index (χ2v) is 4.65. The number of carboxylic acids is 1. The number of carbonyl (C=O) groups is 1. The molecule has 1 aromatic rings. The zero-order chi connectivity index (χ0) is 13.7. The van der Waals surface area contributed by atoms with Gasteiger partial charge in [-0.15, -0.1) is 0 Å². The van der Waals surface area contributed by atoms with E-state index in [0.717, 1.165) is 11.1 Å². The van der Waals surface area contributed by atoms with Crippen LogP contribution >= 0.6 is 0 Å². The summed E-state index contributed by atoms with van der Waals surface area (Å²) in [7, 11) is 0. The Morgan fingerprint density at radius 2 is 2.17 bits per heavy atom. The molecule has 0 saturated carbocycles. The van der Waals surface area contributed by atoms with Gasteiger partial charge >= 0.3 is 5.97 Å². The molecule has 0 saturated heterocycles. The minimum atomic E-state index is -0.824. The zero-order valence-corrected chi connectivity index (χ0v) is 11.0. The normalized spacial score (nSPS) is 10.7. The fourth-order valence-electron chi connectivity index (χ4n) is 1.76. The number of nitriles is 1. The summed E-state index contributed by atoms with van der Waals surface area (Å²) in [6, 6.07) is 7.75. The largest absolute Gasteiger partial charge is 0.480 e. The molecule has 0 fully saturated rings. The standard InChI is InChI=1S/C14H18N2O2/c1-10(2)16(9-14(17)18)8-13-5-4-12(7-15)6-11(13)3/h4-6,10H,8-9H2,1-3H3,(H,17,18). The summed E-state index contributed by atoms with van der Waals surface area (Å²) in [5.41, 5.74) is 2.71. The Morgan fingerprint density at radius 3 is 2.61 bits per heavy atom. The molecule has 96 valence electrons. The van der Waals surface area contributed by atoms with Crippen molar-refractivity contribution in [3.63, 3.8) is 0 Å². The first-order valence-corrected chi connectivity index (χ1v) is 5.89. The Labute approximate surface area is 107 Å². The van der Waals surface area contributed by atoms with Crippen LogP contribution in [-0.2, 0) is 11.3 Å². The highest BCUT2D eigenvalue weighted by molar-refractivity contribution is 5.69.